The summed E-state index contributed by atoms with van der Waals surface area (Å²) in [6, 6.07) is 0.710. The lowest BCUT2D eigenvalue weighted by Gasteiger charge is -2.41. The van der Waals surface area contributed by atoms with Crippen molar-refractivity contribution in [3.63, 3.8) is 0 Å². The van der Waals surface area contributed by atoms with Gasteiger partial charge in [-0.25, -0.2) is 0 Å². The van der Waals surface area contributed by atoms with Crippen LogP contribution < -0.4 is 10.9 Å². The molecule has 4 atom stereocenters. The third kappa shape index (κ3) is 1.54. The molecule has 0 radical (unpaired) electrons. The topological polar surface area (TPSA) is 24.1 Å². The summed E-state index contributed by atoms with van der Waals surface area (Å²) in [5.74, 6) is 2.47. The Morgan fingerprint density at radius 2 is 2.18 bits per heavy atom. The molecule has 0 aromatic carbocycles. The molecule has 0 bridgehead atoms. The molecule has 1 aliphatic heterocycles. The van der Waals surface area contributed by atoms with Gasteiger partial charge in [0.25, 0.3) is 0 Å². The Kier molecular flexibility index (Phi) is 2.27. The van der Waals surface area contributed by atoms with Gasteiger partial charge in [0.15, 0.2) is 0 Å². The lowest BCUT2D eigenvalue weighted by molar-refractivity contribution is 0.220. The SMILES string of the molecule is C1=CC2=C(CC1)C1CC3CNNC3CC1C=C2. The normalized spacial score (nSPS) is 43.3. The summed E-state index contributed by atoms with van der Waals surface area (Å²) < 4.78 is 0. The third-order valence-corrected chi connectivity index (χ3v) is 5.04. The molecule has 4 rings (SSSR count). The quantitative estimate of drug-likeness (QED) is 0.665. The Bertz CT molecular complexity index is 419. The van der Waals surface area contributed by atoms with Crippen LogP contribution in [0.4, 0.5) is 0 Å². The molecule has 2 heteroatoms. The summed E-state index contributed by atoms with van der Waals surface area (Å²) in [4.78, 5) is 0. The first-order valence-electron chi connectivity index (χ1n) is 6.98. The van der Waals surface area contributed by atoms with Crippen LogP contribution in [0.5, 0.6) is 0 Å². The summed E-state index contributed by atoms with van der Waals surface area (Å²) >= 11 is 0. The van der Waals surface area contributed by atoms with Crippen LogP contribution in [0.2, 0.25) is 0 Å². The Morgan fingerprint density at radius 3 is 3.18 bits per heavy atom. The zero-order valence-electron chi connectivity index (χ0n) is 10.2. The number of nitrogens with one attached hydrogen (secondary N) is 2. The summed E-state index contributed by atoms with van der Waals surface area (Å²) in [6.07, 6.45) is 14.8. The van der Waals surface area contributed by atoms with Gasteiger partial charge in [0.05, 0.1) is 0 Å². The smallest absolute Gasteiger partial charge is 0.0259 e. The van der Waals surface area contributed by atoms with Gasteiger partial charge in [-0.3, -0.25) is 10.9 Å². The van der Waals surface area contributed by atoms with E-state index >= 15 is 0 Å². The molecular formula is C15H20N2. The van der Waals surface area contributed by atoms with Crippen molar-refractivity contribution in [1.29, 1.82) is 0 Å². The maximum atomic E-state index is 3.45. The van der Waals surface area contributed by atoms with E-state index in [9.17, 15) is 0 Å². The fourth-order valence-electron chi connectivity index (χ4n) is 4.14. The van der Waals surface area contributed by atoms with Crippen LogP contribution in [0.25, 0.3) is 0 Å². The van der Waals surface area contributed by atoms with E-state index in [1.165, 1.54) is 31.3 Å². The van der Waals surface area contributed by atoms with E-state index in [0.717, 1.165) is 24.3 Å². The van der Waals surface area contributed by atoms with Gasteiger partial charge < -0.3 is 0 Å². The molecule has 0 aromatic rings. The lowest BCUT2D eigenvalue weighted by atomic mass is 9.65. The summed E-state index contributed by atoms with van der Waals surface area (Å²) in [7, 11) is 0. The Hall–Kier alpha value is -0.860. The van der Waals surface area contributed by atoms with Crippen molar-refractivity contribution in [3.8, 4) is 0 Å². The van der Waals surface area contributed by atoms with Gasteiger partial charge in [0.1, 0.15) is 0 Å². The van der Waals surface area contributed by atoms with Gasteiger partial charge in [-0.15, -0.1) is 0 Å². The minimum absolute atomic E-state index is 0.710. The molecule has 0 spiro atoms. The van der Waals surface area contributed by atoms with Gasteiger partial charge in [0, 0.05) is 12.6 Å². The average Bonchev–Trinajstić information content (AvgIpc) is 2.83. The number of hydrazine groups is 1. The molecule has 2 nitrogen and oxygen atoms in total. The first-order valence-corrected chi connectivity index (χ1v) is 6.98. The Balaban J connectivity index is 1.66. The molecule has 3 aliphatic carbocycles. The zero-order valence-corrected chi connectivity index (χ0v) is 10.2. The highest BCUT2D eigenvalue weighted by Gasteiger charge is 2.41. The third-order valence-electron chi connectivity index (χ3n) is 5.04. The number of fused-ring (bicyclic) bond motifs is 3. The minimum Gasteiger partial charge on any atom is -0.257 e. The van der Waals surface area contributed by atoms with Gasteiger partial charge in [-0.05, 0) is 49.0 Å². The fourth-order valence-corrected chi connectivity index (χ4v) is 4.14. The standard InChI is InChI=1S/C15H20N2/c1-2-4-13-10(3-1)5-6-11-8-15-12(7-14(11)13)9-16-17-15/h1,3,5-6,11-12,14-17H,2,4,7-9H2. The molecule has 90 valence electrons. The fraction of sp³-hybridized carbons (Fsp3) is 0.600. The number of hydrogen-bond donors (Lipinski definition) is 2. The Morgan fingerprint density at radius 1 is 1.18 bits per heavy atom. The van der Waals surface area contributed by atoms with Crippen molar-refractivity contribution in [3.05, 3.63) is 35.5 Å². The number of rotatable bonds is 0. The van der Waals surface area contributed by atoms with Gasteiger partial charge in [0.2, 0.25) is 0 Å². The van der Waals surface area contributed by atoms with Crippen LogP contribution in [0.3, 0.4) is 0 Å². The van der Waals surface area contributed by atoms with Gasteiger partial charge in [-0.1, -0.05) is 29.9 Å². The first-order chi connectivity index (χ1) is 8.42. The minimum atomic E-state index is 0.710. The van der Waals surface area contributed by atoms with E-state index < -0.39 is 0 Å². The molecule has 4 unspecified atom stereocenters. The molecular weight excluding hydrogens is 208 g/mol. The molecule has 17 heavy (non-hydrogen) atoms. The highest BCUT2D eigenvalue weighted by atomic mass is 15.4. The van der Waals surface area contributed by atoms with E-state index in [0.29, 0.717) is 6.04 Å². The van der Waals surface area contributed by atoms with Crippen LogP contribution in [-0.4, -0.2) is 12.6 Å². The summed E-state index contributed by atoms with van der Waals surface area (Å²) in [6.45, 7) is 1.16. The number of allylic oxidation sites excluding steroid dienone is 6. The lowest BCUT2D eigenvalue weighted by Crippen LogP contribution is -2.40. The Labute approximate surface area is 103 Å². The predicted octanol–water partition coefficient (Wildman–Crippen LogP) is 2.32. The maximum absolute atomic E-state index is 3.45. The maximum Gasteiger partial charge on any atom is 0.0259 e. The molecule has 0 amide bonds. The average molecular weight is 228 g/mol. The van der Waals surface area contributed by atoms with Crippen LogP contribution in [0.15, 0.2) is 35.5 Å². The van der Waals surface area contributed by atoms with E-state index in [-0.39, 0.29) is 0 Å². The van der Waals surface area contributed by atoms with Crippen molar-refractivity contribution >= 4 is 0 Å². The summed E-state index contributed by atoms with van der Waals surface area (Å²) in [5.41, 5.74) is 10.1. The van der Waals surface area contributed by atoms with Gasteiger partial charge in [-0.2, -0.15) is 0 Å². The van der Waals surface area contributed by atoms with Crippen molar-refractivity contribution in [1.82, 2.24) is 10.9 Å². The van der Waals surface area contributed by atoms with E-state index in [1.807, 2.05) is 0 Å². The van der Waals surface area contributed by atoms with Crippen LogP contribution >= 0.6 is 0 Å². The summed E-state index contributed by atoms with van der Waals surface area (Å²) in [5, 5.41) is 0. The molecule has 1 saturated heterocycles. The van der Waals surface area contributed by atoms with Crippen molar-refractivity contribution in [2.24, 2.45) is 17.8 Å². The number of hydrogen-bond acceptors (Lipinski definition) is 2. The second kappa shape index (κ2) is 3.82. The molecule has 2 fully saturated rings. The van der Waals surface area contributed by atoms with E-state index in [2.05, 4.69) is 35.2 Å². The second-order valence-corrected chi connectivity index (χ2v) is 5.91. The highest BCUT2D eigenvalue weighted by Crippen LogP contribution is 2.45. The molecule has 2 N–H and O–H groups in total. The molecule has 1 saturated carbocycles. The predicted molar refractivity (Wildman–Crippen MR) is 69.2 cm³/mol. The largest absolute Gasteiger partial charge is 0.257 e. The van der Waals surface area contributed by atoms with Gasteiger partial charge >= 0.3 is 0 Å². The van der Waals surface area contributed by atoms with E-state index in [4.69, 9.17) is 0 Å². The van der Waals surface area contributed by atoms with Crippen molar-refractivity contribution < 1.29 is 0 Å². The molecule has 0 aromatic heterocycles. The second-order valence-electron chi connectivity index (χ2n) is 5.91. The molecule has 1 heterocycles. The van der Waals surface area contributed by atoms with Crippen molar-refractivity contribution in [2.75, 3.05) is 6.54 Å². The van der Waals surface area contributed by atoms with Crippen LogP contribution in [-0.2, 0) is 0 Å². The zero-order chi connectivity index (χ0) is 11.2. The first kappa shape index (κ1) is 10.1. The van der Waals surface area contributed by atoms with Crippen LogP contribution in [0, 0.1) is 17.8 Å². The monoisotopic (exact) mass is 228 g/mol. The highest BCUT2D eigenvalue weighted by molar-refractivity contribution is 5.43. The van der Waals surface area contributed by atoms with E-state index in [1.54, 1.807) is 5.57 Å². The van der Waals surface area contributed by atoms with Crippen LogP contribution in [0.1, 0.15) is 25.7 Å². The molecule has 4 aliphatic rings. The van der Waals surface area contributed by atoms with Crippen molar-refractivity contribution in [2.45, 2.75) is 31.7 Å².